The topological polar surface area (TPSA) is 66.8 Å². The van der Waals surface area contributed by atoms with Crippen LogP contribution in [-0.2, 0) is 32.0 Å². The minimum absolute atomic E-state index is 0.000598. The Balaban J connectivity index is 1.83. The molecule has 3 heterocycles. The summed E-state index contributed by atoms with van der Waals surface area (Å²) in [6, 6.07) is 2.01. The highest BCUT2D eigenvalue weighted by Crippen LogP contribution is 2.21. The monoisotopic (exact) mass is 301 g/mol. The van der Waals surface area contributed by atoms with Gasteiger partial charge in [0.1, 0.15) is 5.82 Å². The van der Waals surface area contributed by atoms with Crippen LogP contribution in [0.4, 0.5) is 0 Å². The van der Waals surface area contributed by atoms with Crippen LogP contribution < -0.4 is 5.56 Å². The van der Waals surface area contributed by atoms with E-state index in [-0.39, 0.29) is 11.0 Å². The van der Waals surface area contributed by atoms with Gasteiger partial charge in [-0.2, -0.15) is 5.10 Å². The second-order valence-electron chi connectivity index (χ2n) is 7.03. The zero-order valence-electron chi connectivity index (χ0n) is 13.7. The molecule has 0 radical (unpaired) electrons. The van der Waals surface area contributed by atoms with E-state index in [9.17, 15) is 4.79 Å². The quantitative estimate of drug-likeness (QED) is 0.909. The molecule has 0 amide bonds. The van der Waals surface area contributed by atoms with Gasteiger partial charge in [-0.1, -0.05) is 20.8 Å². The minimum Gasteiger partial charge on any atom is -0.310 e. The SMILES string of the molecule is Cn1ccc(CN2CCc3nc(C(C)(C)C)[nH]c(=O)c3C2)n1. The molecule has 2 aromatic heterocycles. The van der Waals surface area contributed by atoms with Crippen LogP contribution in [0.2, 0.25) is 0 Å². The number of fused-ring (bicyclic) bond motifs is 1. The molecule has 1 aliphatic heterocycles. The fraction of sp³-hybridized carbons (Fsp3) is 0.562. The Morgan fingerprint density at radius 2 is 2.14 bits per heavy atom. The first-order chi connectivity index (χ1) is 10.3. The van der Waals surface area contributed by atoms with Gasteiger partial charge in [0, 0.05) is 44.7 Å². The zero-order chi connectivity index (χ0) is 15.9. The third-order valence-electron chi connectivity index (χ3n) is 4.01. The van der Waals surface area contributed by atoms with Crippen LogP contribution in [0.3, 0.4) is 0 Å². The van der Waals surface area contributed by atoms with Crippen molar-refractivity contribution in [3.63, 3.8) is 0 Å². The lowest BCUT2D eigenvalue weighted by Gasteiger charge is -2.28. The summed E-state index contributed by atoms with van der Waals surface area (Å²) in [5.41, 5.74) is 2.64. The molecule has 0 aliphatic carbocycles. The molecule has 1 aliphatic rings. The van der Waals surface area contributed by atoms with Gasteiger partial charge in [0.05, 0.1) is 17.0 Å². The van der Waals surface area contributed by atoms with Crippen LogP contribution >= 0.6 is 0 Å². The normalized spacial score (nSPS) is 15.8. The van der Waals surface area contributed by atoms with Gasteiger partial charge >= 0.3 is 0 Å². The average Bonchev–Trinajstić information content (AvgIpc) is 2.83. The van der Waals surface area contributed by atoms with E-state index in [0.717, 1.165) is 42.3 Å². The number of aryl methyl sites for hydroxylation is 1. The van der Waals surface area contributed by atoms with Gasteiger partial charge in [-0.15, -0.1) is 0 Å². The van der Waals surface area contributed by atoms with Crippen LogP contribution in [0.15, 0.2) is 17.1 Å². The maximum Gasteiger partial charge on any atom is 0.255 e. The second-order valence-corrected chi connectivity index (χ2v) is 7.03. The zero-order valence-corrected chi connectivity index (χ0v) is 13.7. The molecular weight excluding hydrogens is 278 g/mol. The van der Waals surface area contributed by atoms with E-state index in [1.165, 1.54) is 0 Å². The molecule has 6 nitrogen and oxygen atoms in total. The molecule has 0 atom stereocenters. The predicted molar refractivity (Wildman–Crippen MR) is 84.6 cm³/mol. The van der Waals surface area contributed by atoms with E-state index in [1.807, 2.05) is 19.3 Å². The highest BCUT2D eigenvalue weighted by Gasteiger charge is 2.25. The molecule has 22 heavy (non-hydrogen) atoms. The highest BCUT2D eigenvalue weighted by atomic mass is 16.1. The van der Waals surface area contributed by atoms with Crippen molar-refractivity contribution >= 4 is 0 Å². The molecule has 0 saturated heterocycles. The molecule has 3 rings (SSSR count). The Hall–Kier alpha value is -1.95. The summed E-state index contributed by atoms with van der Waals surface area (Å²) in [5, 5.41) is 4.40. The molecule has 0 spiro atoms. The third-order valence-corrected chi connectivity index (χ3v) is 4.01. The lowest BCUT2D eigenvalue weighted by atomic mass is 9.95. The summed E-state index contributed by atoms with van der Waals surface area (Å²) in [4.78, 5) is 22.3. The lowest BCUT2D eigenvalue weighted by Crippen LogP contribution is -2.37. The molecular formula is C16H23N5O. The number of nitrogens with zero attached hydrogens (tertiary/aromatic N) is 4. The number of hydrogen-bond donors (Lipinski definition) is 1. The molecule has 1 N–H and O–H groups in total. The second kappa shape index (κ2) is 5.35. The van der Waals surface area contributed by atoms with Crippen LogP contribution in [0.25, 0.3) is 0 Å². The number of hydrogen-bond acceptors (Lipinski definition) is 4. The summed E-state index contributed by atoms with van der Waals surface area (Å²) < 4.78 is 1.80. The maximum absolute atomic E-state index is 12.4. The fourth-order valence-corrected chi connectivity index (χ4v) is 2.75. The summed E-state index contributed by atoms with van der Waals surface area (Å²) in [6.45, 7) is 8.50. The van der Waals surface area contributed by atoms with E-state index in [1.54, 1.807) is 4.68 Å². The van der Waals surface area contributed by atoms with Crippen molar-refractivity contribution in [2.24, 2.45) is 7.05 Å². The Kier molecular flexibility index (Phi) is 3.64. The van der Waals surface area contributed by atoms with E-state index in [0.29, 0.717) is 6.54 Å². The first kappa shape index (κ1) is 15.0. The van der Waals surface area contributed by atoms with Crippen molar-refractivity contribution in [1.82, 2.24) is 24.6 Å². The minimum atomic E-state index is -0.140. The summed E-state index contributed by atoms with van der Waals surface area (Å²) in [7, 11) is 1.91. The Morgan fingerprint density at radius 1 is 1.36 bits per heavy atom. The number of nitrogens with one attached hydrogen (secondary N) is 1. The first-order valence-corrected chi connectivity index (χ1v) is 7.66. The third kappa shape index (κ3) is 2.97. The molecule has 0 saturated carbocycles. The van der Waals surface area contributed by atoms with E-state index in [2.05, 4.69) is 40.7 Å². The van der Waals surface area contributed by atoms with Crippen molar-refractivity contribution in [3.05, 3.63) is 45.4 Å². The maximum atomic E-state index is 12.4. The number of H-pyrrole nitrogens is 1. The van der Waals surface area contributed by atoms with Gasteiger partial charge in [0.2, 0.25) is 0 Å². The van der Waals surface area contributed by atoms with Crippen LogP contribution in [0.5, 0.6) is 0 Å². The van der Waals surface area contributed by atoms with Crippen molar-refractivity contribution in [3.8, 4) is 0 Å². The van der Waals surface area contributed by atoms with Gasteiger partial charge in [-0.05, 0) is 6.07 Å². The van der Waals surface area contributed by atoms with Crippen molar-refractivity contribution in [1.29, 1.82) is 0 Å². The molecule has 0 unspecified atom stereocenters. The smallest absolute Gasteiger partial charge is 0.255 e. The van der Waals surface area contributed by atoms with Gasteiger partial charge in [-0.25, -0.2) is 4.98 Å². The number of rotatable bonds is 2. The summed E-state index contributed by atoms with van der Waals surface area (Å²) in [5.74, 6) is 0.773. The molecule has 6 heteroatoms. The summed E-state index contributed by atoms with van der Waals surface area (Å²) >= 11 is 0. The molecule has 0 aromatic carbocycles. The average molecular weight is 301 g/mol. The van der Waals surface area contributed by atoms with E-state index >= 15 is 0 Å². The standard InChI is InChI=1S/C16H23N5O/c1-16(2,3)15-17-13-6-8-21(10-12(13)14(22)18-15)9-11-5-7-20(4)19-11/h5,7H,6,8-10H2,1-4H3,(H,17,18,22). The van der Waals surface area contributed by atoms with Gasteiger partial charge < -0.3 is 4.98 Å². The highest BCUT2D eigenvalue weighted by molar-refractivity contribution is 5.22. The Morgan fingerprint density at radius 3 is 2.77 bits per heavy atom. The molecule has 0 fully saturated rings. The lowest BCUT2D eigenvalue weighted by molar-refractivity contribution is 0.237. The first-order valence-electron chi connectivity index (χ1n) is 7.66. The molecule has 0 bridgehead atoms. The molecule has 118 valence electrons. The summed E-state index contributed by atoms with van der Waals surface area (Å²) in [6.07, 6.45) is 2.76. The van der Waals surface area contributed by atoms with Gasteiger partial charge in [0.15, 0.2) is 0 Å². The van der Waals surface area contributed by atoms with Gasteiger partial charge in [0.25, 0.3) is 5.56 Å². The Labute approximate surface area is 130 Å². The van der Waals surface area contributed by atoms with Crippen LogP contribution in [0.1, 0.15) is 43.5 Å². The van der Waals surface area contributed by atoms with Crippen molar-refractivity contribution in [2.75, 3.05) is 6.54 Å². The fourth-order valence-electron chi connectivity index (χ4n) is 2.75. The largest absolute Gasteiger partial charge is 0.310 e. The van der Waals surface area contributed by atoms with Crippen molar-refractivity contribution < 1.29 is 0 Å². The van der Waals surface area contributed by atoms with Crippen LogP contribution in [-0.4, -0.2) is 31.2 Å². The molecule has 2 aromatic rings. The van der Waals surface area contributed by atoms with E-state index < -0.39 is 0 Å². The Bertz CT molecular complexity index is 738. The number of aromatic nitrogens is 4. The predicted octanol–water partition coefficient (Wildman–Crippen LogP) is 1.36. The van der Waals surface area contributed by atoms with Crippen molar-refractivity contribution in [2.45, 2.75) is 45.7 Å². The van der Waals surface area contributed by atoms with Gasteiger partial charge in [-0.3, -0.25) is 14.4 Å². The van der Waals surface area contributed by atoms with Crippen LogP contribution in [0, 0.1) is 0 Å². The van der Waals surface area contributed by atoms with E-state index in [4.69, 9.17) is 0 Å². The number of aromatic amines is 1.